The molecule has 0 spiro atoms. The van der Waals surface area contributed by atoms with Crippen molar-refractivity contribution in [2.45, 2.75) is 13.3 Å². The van der Waals surface area contributed by atoms with Crippen LogP contribution in [0.25, 0.3) is 0 Å². The van der Waals surface area contributed by atoms with Crippen LogP contribution in [0, 0.1) is 10.1 Å². The van der Waals surface area contributed by atoms with Crippen molar-refractivity contribution < 1.29 is 4.92 Å². The minimum atomic E-state index is -0.364. The van der Waals surface area contributed by atoms with Gasteiger partial charge in [-0.1, -0.05) is 6.92 Å². The van der Waals surface area contributed by atoms with Crippen LogP contribution >= 0.6 is 11.8 Å². The van der Waals surface area contributed by atoms with E-state index in [2.05, 4.69) is 17.6 Å². The van der Waals surface area contributed by atoms with Crippen molar-refractivity contribution in [1.82, 2.24) is 0 Å². The quantitative estimate of drug-likeness (QED) is 0.431. The van der Waals surface area contributed by atoms with Gasteiger partial charge >= 0.3 is 0 Å². The average Bonchev–Trinajstić information content (AvgIpc) is 2.36. The van der Waals surface area contributed by atoms with Crippen molar-refractivity contribution in [3.8, 4) is 0 Å². The standard InChI is InChI=1S/C12H19N3O2S/c1-3-4-13-10-7-11(14-5-6-18-2)9-12(8-10)15(16)17/h7-9,13-14H,3-6H2,1-2H3. The first-order valence-electron chi connectivity index (χ1n) is 5.93. The van der Waals surface area contributed by atoms with E-state index in [9.17, 15) is 10.1 Å². The van der Waals surface area contributed by atoms with Crippen molar-refractivity contribution in [2.75, 3.05) is 35.7 Å². The Morgan fingerprint density at radius 2 is 1.83 bits per heavy atom. The Bertz CT molecular complexity index is 399. The van der Waals surface area contributed by atoms with E-state index >= 15 is 0 Å². The normalized spacial score (nSPS) is 10.1. The van der Waals surface area contributed by atoms with Gasteiger partial charge in [0.1, 0.15) is 0 Å². The molecule has 2 N–H and O–H groups in total. The fourth-order valence-corrected chi connectivity index (χ4v) is 1.79. The molecule has 0 saturated carbocycles. The summed E-state index contributed by atoms with van der Waals surface area (Å²) in [5.74, 6) is 0.973. The molecule has 1 aromatic carbocycles. The van der Waals surface area contributed by atoms with Crippen LogP contribution in [0.4, 0.5) is 17.1 Å². The number of benzene rings is 1. The van der Waals surface area contributed by atoms with Gasteiger partial charge in [0.2, 0.25) is 0 Å². The third-order valence-electron chi connectivity index (χ3n) is 2.34. The molecule has 0 aromatic heterocycles. The number of nitro benzene ring substituents is 1. The second-order valence-electron chi connectivity index (χ2n) is 3.87. The zero-order chi connectivity index (χ0) is 13.4. The molecule has 0 saturated heterocycles. The summed E-state index contributed by atoms with van der Waals surface area (Å²) in [6, 6.07) is 5.04. The molecule has 0 atom stereocenters. The smallest absolute Gasteiger partial charge is 0.273 e. The maximum absolute atomic E-state index is 10.9. The third kappa shape index (κ3) is 4.83. The van der Waals surface area contributed by atoms with Gasteiger partial charge in [-0.2, -0.15) is 11.8 Å². The topological polar surface area (TPSA) is 67.2 Å². The molecule has 0 amide bonds. The first-order chi connectivity index (χ1) is 8.67. The molecule has 6 heteroatoms. The van der Waals surface area contributed by atoms with Crippen molar-refractivity contribution in [3.63, 3.8) is 0 Å². The van der Waals surface area contributed by atoms with Gasteiger partial charge in [-0.15, -0.1) is 0 Å². The van der Waals surface area contributed by atoms with E-state index in [0.29, 0.717) is 0 Å². The van der Waals surface area contributed by atoms with Crippen molar-refractivity contribution in [2.24, 2.45) is 0 Å². The minimum absolute atomic E-state index is 0.114. The highest BCUT2D eigenvalue weighted by atomic mass is 32.2. The van der Waals surface area contributed by atoms with Crippen LogP contribution < -0.4 is 10.6 Å². The van der Waals surface area contributed by atoms with Crippen molar-refractivity contribution in [1.29, 1.82) is 0 Å². The second-order valence-corrected chi connectivity index (χ2v) is 4.86. The number of hydrogen-bond acceptors (Lipinski definition) is 5. The van der Waals surface area contributed by atoms with Gasteiger partial charge in [0.05, 0.1) is 4.92 Å². The molecule has 0 aliphatic rings. The van der Waals surface area contributed by atoms with Crippen LogP contribution in [0.2, 0.25) is 0 Å². The van der Waals surface area contributed by atoms with Gasteiger partial charge in [-0.3, -0.25) is 10.1 Å². The van der Waals surface area contributed by atoms with Crippen LogP contribution in [0.1, 0.15) is 13.3 Å². The van der Waals surface area contributed by atoms with Crippen molar-refractivity contribution >= 4 is 28.8 Å². The summed E-state index contributed by atoms with van der Waals surface area (Å²) in [6.07, 6.45) is 3.02. The molecule has 0 unspecified atom stereocenters. The van der Waals surface area contributed by atoms with Gasteiger partial charge in [0.25, 0.3) is 5.69 Å². The maximum atomic E-state index is 10.9. The maximum Gasteiger partial charge on any atom is 0.273 e. The van der Waals surface area contributed by atoms with E-state index in [4.69, 9.17) is 0 Å². The Balaban J connectivity index is 2.80. The summed E-state index contributed by atoms with van der Waals surface area (Å²) in [7, 11) is 0. The lowest BCUT2D eigenvalue weighted by Gasteiger charge is -2.09. The predicted molar refractivity (Wildman–Crippen MR) is 78.7 cm³/mol. The van der Waals surface area contributed by atoms with E-state index in [1.165, 1.54) is 0 Å². The lowest BCUT2D eigenvalue weighted by molar-refractivity contribution is -0.384. The Morgan fingerprint density at radius 1 is 1.22 bits per heavy atom. The summed E-state index contributed by atoms with van der Waals surface area (Å²) < 4.78 is 0. The highest BCUT2D eigenvalue weighted by Gasteiger charge is 2.09. The average molecular weight is 269 g/mol. The molecule has 1 aromatic rings. The lowest BCUT2D eigenvalue weighted by Crippen LogP contribution is -2.06. The molecular weight excluding hydrogens is 250 g/mol. The number of thioether (sulfide) groups is 1. The van der Waals surface area contributed by atoms with Crippen LogP contribution in [0.15, 0.2) is 18.2 Å². The Labute approximate surface area is 111 Å². The Morgan fingerprint density at radius 3 is 2.33 bits per heavy atom. The minimum Gasteiger partial charge on any atom is -0.385 e. The van der Waals surface area contributed by atoms with Crippen LogP contribution in [-0.4, -0.2) is 30.0 Å². The van der Waals surface area contributed by atoms with Gasteiger partial charge in [0, 0.05) is 42.3 Å². The van der Waals surface area contributed by atoms with Gasteiger partial charge < -0.3 is 10.6 Å². The number of nitrogens with one attached hydrogen (secondary N) is 2. The third-order valence-corrected chi connectivity index (χ3v) is 2.96. The second kappa shape index (κ2) is 7.81. The van der Waals surface area contributed by atoms with E-state index in [1.807, 2.05) is 12.3 Å². The van der Waals surface area contributed by atoms with E-state index in [1.54, 1.807) is 23.9 Å². The summed E-state index contributed by atoms with van der Waals surface area (Å²) in [5, 5.41) is 17.2. The molecule has 1 rings (SSSR count). The zero-order valence-electron chi connectivity index (χ0n) is 10.7. The lowest BCUT2D eigenvalue weighted by atomic mass is 10.2. The van der Waals surface area contributed by atoms with E-state index < -0.39 is 0 Å². The molecule has 0 aliphatic carbocycles. The first kappa shape index (κ1) is 14.6. The summed E-state index contributed by atoms with van der Waals surface area (Å²) in [4.78, 5) is 10.5. The molecule has 100 valence electrons. The molecule has 0 heterocycles. The fourth-order valence-electron chi connectivity index (χ4n) is 1.49. The number of hydrogen-bond donors (Lipinski definition) is 2. The fraction of sp³-hybridized carbons (Fsp3) is 0.500. The molecule has 0 bridgehead atoms. The van der Waals surface area contributed by atoms with Gasteiger partial charge in [-0.25, -0.2) is 0 Å². The highest BCUT2D eigenvalue weighted by molar-refractivity contribution is 7.98. The number of nitro groups is 1. The molecule has 5 nitrogen and oxygen atoms in total. The number of non-ortho nitro benzene ring substituents is 1. The Kier molecular flexibility index (Phi) is 6.35. The molecule has 18 heavy (non-hydrogen) atoms. The number of anilines is 2. The predicted octanol–water partition coefficient (Wildman–Crippen LogP) is 3.19. The van der Waals surface area contributed by atoms with Crippen LogP contribution in [-0.2, 0) is 0 Å². The largest absolute Gasteiger partial charge is 0.385 e. The number of rotatable bonds is 8. The van der Waals surface area contributed by atoms with Crippen molar-refractivity contribution in [3.05, 3.63) is 28.3 Å². The summed E-state index contributed by atoms with van der Waals surface area (Å²) >= 11 is 1.74. The molecule has 0 fully saturated rings. The number of nitrogens with zero attached hydrogens (tertiary/aromatic N) is 1. The van der Waals surface area contributed by atoms with Crippen LogP contribution in [0.3, 0.4) is 0 Å². The zero-order valence-corrected chi connectivity index (χ0v) is 11.5. The molecule has 0 radical (unpaired) electrons. The van der Waals surface area contributed by atoms with Gasteiger partial charge in [-0.05, 0) is 18.7 Å². The highest BCUT2D eigenvalue weighted by Crippen LogP contribution is 2.24. The monoisotopic (exact) mass is 269 g/mol. The summed E-state index contributed by atoms with van der Waals surface area (Å²) in [6.45, 7) is 3.67. The van der Waals surface area contributed by atoms with E-state index in [0.717, 1.165) is 36.6 Å². The SMILES string of the molecule is CCCNc1cc(NCCSC)cc([N+](=O)[O-])c1. The molecule has 0 aliphatic heterocycles. The molecular formula is C12H19N3O2S. The van der Waals surface area contributed by atoms with Crippen LogP contribution in [0.5, 0.6) is 0 Å². The van der Waals surface area contributed by atoms with Gasteiger partial charge in [0.15, 0.2) is 0 Å². The first-order valence-corrected chi connectivity index (χ1v) is 7.33. The van der Waals surface area contributed by atoms with E-state index in [-0.39, 0.29) is 10.6 Å². The summed E-state index contributed by atoms with van der Waals surface area (Å²) in [5.41, 5.74) is 1.69. The Hall–Kier alpha value is -1.43.